The second kappa shape index (κ2) is 9.12. The Morgan fingerprint density at radius 2 is 2.04 bits per heavy atom. The van der Waals surface area contributed by atoms with E-state index < -0.39 is 0 Å². The number of anilines is 2. The highest BCUT2D eigenvalue weighted by Gasteiger charge is 2.03. The molecule has 0 aliphatic carbocycles. The molecule has 0 bridgehead atoms. The number of hydrogen-bond acceptors (Lipinski definition) is 7. The normalized spacial score (nSPS) is 11.1. The molecule has 0 saturated heterocycles. The van der Waals surface area contributed by atoms with E-state index >= 15 is 0 Å². The Morgan fingerprint density at radius 1 is 1.22 bits per heavy atom. The third-order valence-electron chi connectivity index (χ3n) is 3.02. The lowest BCUT2D eigenvalue weighted by Crippen LogP contribution is -2.10. The van der Waals surface area contributed by atoms with E-state index in [4.69, 9.17) is 4.74 Å². The van der Waals surface area contributed by atoms with E-state index in [-0.39, 0.29) is 0 Å². The molecule has 0 aliphatic rings. The van der Waals surface area contributed by atoms with Crippen molar-refractivity contribution in [3.05, 3.63) is 42.0 Å². The van der Waals surface area contributed by atoms with Crippen LogP contribution in [0.4, 0.5) is 11.6 Å². The van der Waals surface area contributed by atoms with Gasteiger partial charge < -0.3 is 20.3 Å². The van der Waals surface area contributed by atoms with Crippen molar-refractivity contribution in [1.29, 1.82) is 0 Å². The van der Waals surface area contributed by atoms with Crippen LogP contribution in [0.25, 0.3) is 0 Å². The number of aromatic nitrogens is 2. The summed E-state index contributed by atoms with van der Waals surface area (Å²) in [4.78, 5) is 2.14. The summed E-state index contributed by atoms with van der Waals surface area (Å²) in [5, 5.41) is 6.19. The predicted octanol–water partition coefficient (Wildman–Crippen LogP) is 2.69. The van der Waals surface area contributed by atoms with Gasteiger partial charge in [-0.05, 0) is 37.9 Å². The van der Waals surface area contributed by atoms with Gasteiger partial charge in [0.05, 0.1) is 11.7 Å². The van der Waals surface area contributed by atoms with Crippen LogP contribution in [0.3, 0.4) is 0 Å². The number of ether oxygens (including phenoxy) is 1. The average Bonchev–Trinajstić information content (AvgIpc) is 2.98. The summed E-state index contributed by atoms with van der Waals surface area (Å²) in [5.41, 5.74) is 1.24. The van der Waals surface area contributed by atoms with Gasteiger partial charge in [0, 0.05) is 20.1 Å². The monoisotopic (exact) mass is 333 g/mol. The van der Waals surface area contributed by atoms with E-state index in [2.05, 4.69) is 50.5 Å². The molecule has 2 rings (SSSR count). The predicted molar refractivity (Wildman–Crippen MR) is 96.4 cm³/mol. The quantitative estimate of drug-likeness (QED) is 0.688. The zero-order valence-corrected chi connectivity index (χ0v) is 14.6. The zero-order valence-electron chi connectivity index (χ0n) is 13.7. The molecule has 0 saturated carbocycles. The SMILES string of the molecule is CNc1nsnc1NC/C=C\COc1cccc(CN(C)C)c1. The summed E-state index contributed by atoms with van der Waals surface area (Å²) in [5.74, 6) is 2.44. The van der Waals surface area contributed by atoms with E-state index in [1.807, 2.05) is 31.3 Å². The van der Waals surface area contributed by atoms with Crippen molar-refractivity contribution in [2.45, 2.75) is 6.54 Å². The number of nitrogens with zero attached hydrogens (tertiary/aromatic N) is 3. The molecule has 0 unspecified atom stereocenters. The maximum Gasteiger partial charge on any atom is 0.184 e. The number of nitrogens with one attached hydrogen (secondary N) is 2. The van der Waals surface area contributed by atoms with Gasteiger partial charge in [0.15, 0.2) is 11.6 Å². The van der Waals surface area contributed by atoms with Crippen molar-refractivity contribution in [2.24, 2.45) is 0 Å². The largest absolute Gasteiger partial charge is 0.490 e. The molecular formula is C16H23N5OS. The molecule has 0 atom stereocenters. The molecule has 0 aliphatic heterocycles. The highest BCUT2D eigenvalue weighted by atomic mass is 32.1. The Balaban J connectivity index is 1.72. The molecule has 1 aromatic heterocycles. The van der Waals surface area contributed by atoms with Gasteiger partial charge in [0.1, 0.15) is 12.4 Å². The fraction of sp³-hybridized carbons (Fsp3) is 0.375. The fourth-order valence-electron chi connectivity index (χ4n) is 2.02. The van der Waals surface area contributed by atoms with Crippen molar-refractivity contribution in [2.75, 3.05) is 44.9 Å². The van der Waals surface area contributed by atoms with Gasteiger partial charge in [-0.25, -0.2) is 0 Å². The van der Waals surface area contributed by atoms with Crippen LogP contribution in [0.5, 0.6) is 5.75 Å². The molecule has 7 heteroatoms. The average molecular weight is 333 g/mol. The summed E-state index contributed by atoms with van der Waals surface area (Å²) in [7, 11) is 5.94. The van der Waals surface area contributed by atoms with Crippen molar-refractivity contribution in [1.82, 2.24) is 13.6 Å². The molecule has 0 spiro atoms. The lowest BCUT2D eigenvalue weighted by Gasteiger charge is -2.11. The number of benzene rings is 1. The van der Waals surface area contributed by atoms with Gasteiger partial charge in [0.25, 0.3) is 0 Å². The minimum Gasteiger partial charge on any atom is -0.490 e. The van der Waals surface area contributed by atoms with Crippen LogP contribution in [0.2, 0.25) is 0 Å². The van der Waals surface area contributed by atoms with Crippen LogP contribution < -0.4 is 15.4 Å². The molecule has 2 N–H and O–H groups in total. The second-order valence-corrected chi connectivity index (χ2v) is 5.79. The molecule has 124 valence electrons. The molecule has 6 nitrogen and oxygen atoms in total. The molecule has 1 heterocycles. The van der Waals surface area contributed by atoms with Gasteiger partial charge in [0.2, 0.25) is 0 Å². The van der Waals surface area contributed by atoms with Gasteiger partial charge in [-0.15, -0.1) is 0 Å². The van der Waals surface area contributed by atoms with E-state index in [0.717, 1.165) is 23.9 Å². The second-order valence-electron chi connectivity index (χ2n) is 5.26. The number of rotatable bonds is 9. The van der Waals surface area contributed by atoms with Crippen molar-refractivity contribution >= 4 is 23.4 Å². The van der Waals surface area contributed by atoms with Crippen molar-refractivity contribution in [3.63, 3.8) is 0 Å². The molecule has 1 aromatic carbocycles. The third kappa shape index (κ3) is 5.88. The first-order chi connectivity index (χ1) is 11.2. The molecular weight excluding hydrogens is 310 g/mol. The first-order valence-electron chi connectivity index (χ1n) is 7.44. The Hall–Kier alpha value is -2.12. The maximum atomic E-state index is 5.74. The third-order valence-corrected chi connectivity index (χ3v) is 3.55. The van der Waals surface area contributed by atoms with Crippen LogP contribution in [-0.4, -0.2) is 47.9 Å². The number of hydrogen-bond donors (Lipinski definition) is 2. The Kier molecular flexibility index (Phi) is 6.83. The Bertz CT molecular complexity index is 626. The Labute approximate surface area is 141 Å². The summed E-state index contributed by atoms with van der Waals surface area (Å²) >= 11 is 1.18. The van der Waals surface area contributed by atoms with Gasteiger partial charge in [-0.1, -0.05) is 18.2 Å². The lowest BCUT2D eigenvalue weighted by atomic mass is 10.2. The first-order valence-corrected chi connectivity index (χ1v) is 8.17. The highest BCUT2D eigenvalue weighted by Crippen LogP contribution is 2.16. The fourth-order valence-corrected chi connectivity index (χ4v) is 2.55. The lowest BCUT2D eigenvalue weighted by molar-refractivity contribution is 0.359. The van der Waals surface area contributed by atoms with Crippen molar-refractivity contribution < 1.29 is 4.74 Å². The topological polar surface area (TPSA) is 62.3 Å². The molecule has 2 aromatic rings. The standard InChI is InChI=1S/C16H23N5OS/c1-17-15-16(20-23-19-15)18-9-4-5-10-22-14-8-6-7-13(11-14)12-21(2)3/h4-8,11H,9-10,12H2,1-3H3,(H,17,19)(H,18,20)/b5-4-. The van der Waals surface area contributed by atoms with E-state index in [1.165, 1.54) is 17.3 Å². The summed E-state index contributed by atoms with van der Waals surface area (Å²) in [6, 6.07) is 8.18. The van der Waals surface area contributed by atoms with E-state index in [1.54, 1.807) is 0 Å². The summed E-state index contributed by atoms with van der Waals surface area (Å²) < 4.78 is 14.0. The summed E-state index contributed by atoms with van der Waals surface area (Å²) in [6.07, 6.45) is 4.01. The van der Waals surface area contributed by atoms with Crippen LogP contribution >= 0.6 is 11.7 Å². The van der Waals surface area contributed by atoms with Crippen LogP contribution in [0, 0.1) is 0 Å². The summed E-state index contributed by atoms with van der Waals surface area (Å²) in [6.45, 7) is 2.14. The Morgan fingerprint density at radius 3 is 2.83 bits per heavy atom. The first kappa shape index (κ1) is 17.2. The smallest absolute Gasteiger partial charge is 0.184 e. The van der Waals surface area contributed by atoms with Crippen LogP contribution in [0.15, 0.2) is 36.4 Å². The van der Waals surface area contributed by atoms with E-state index in [9.17, 15) is 0 Å². The molecule has 0 amide bonds. The molecule has 23 heavy (non-hydrogen) atoms. The van der Waals surface area contributed by atoms with Gasteiger partial charge in [-0.2, -0.15) is 8.75 Å². The van der Waals surface area contributed by atoms with Crippen molar-refractivity contribution in [3.8, 4) is 5.75 Å². The minimum atomic E-state index is 0.543. The highest BCUT2D eigenvalue weighted by molar-refractivity contribution is 6.99. The minimum absolute atomic E-state index is 0.543. The molecule has 0 fully saturated rings. The molecule has 0 radical (unpaired) electrons. The van der Waals surface area contributed by atoms with Gasteiger partial charge in [-0.3, -0.25) is 0 Å². The van der Waals surface area contributed by atoms with E-state index in [0.29, 0.717) is 13.2 Å². The van der Waals surface area contributed by atoms with Gasteiger partial charge >= 0.3 is 0 Å². The maximum absolute atomic E-state index is 5.74. The van der Waals surface area contributed by atoms with Crippen LogP contribution in [-0.2, 0) is 6.54 Å². The van der Waals surface area contributed by atoms with Crippen LogP contribution in [0.1, 0.15) is 5.56 Å². The zero-order chi connectivity index (χ0) is 16.5.